The summed E-state index contributed by atoms with van der Waals surface area (Å²) in [4.78, 5) is 29.6. The van der Waals surface area contributed by atoms with Crippen molar-refractivity contribution in [1.82, 2.24) is 9.97 Å². The van der Waals surface area contributed by atoms with Crippen molar-refractivity contribution in [3.63, 3.8) is 0 Å². The minimum Gasteiger partial charge on any atom is -0.375 e. The molecule has 1 heterocycles. The number of nitro benzene ring substituents is 1. The number of para-hydroxylation sites is 1. The topological polar surface area (TPSA) is 101 Å². The van der Waals surface area contributed by atoms with E-state index < -0.39 is 4.92 Å². The Morgan fingerprint density at radius 2 is 2.00 bits per heavy atom. The van der Waals surface area contributed by atoms with Gasteiger partial charge >= 0.3 is 0 Å². The number of nitrogens with one attached hydrogen (secondary N) is 2. The van der Waals surface area contributed by atoms with E-state index >= 15 is 0 Å². The molecule has 0 unspecified atom stereocenters. The van der Waals surface area contributed by atoms with Crippen LogP contribution in [0.2, 0.25) is 0 Å². The highest BCUT2D eigenvalue weighted by Crippen LogP contribution is 2.21. The summed E-state index contributed by atoms with van der Waals surface area (Å²) in [5.41, 5.74) is 0.988. The molecule has 0 amide bonds. The molecule has 1 atom stereocenters. The molecule has 116 valence electrons. The van der Waals surface area contributed by atoms with Gasteiger partial charge in [-0.1, -0.05) is 18.2 Å². The van der Waals surface area contributed by atoms with Crippen LogP contribution in [0.25, 0.3) is 10.9 Å². The molecule has 7 heteroatoms. The van der Waals surface area contributed by atoms with Gasteiger partial charge in [0, 0.05) is 17.8 Å². The molecular weight excluding hydrogens is 296 g/mol. The third kappa shape index (κ3) is 3.03. The summed E-state index contributed by atoms with van der Waals surface area (Å²) in [6.07, 6.45) is 0. The van der Waals surface area contributed by atoms with Crippen molar-refractivity contribution in [3.8, 4) is 0 Å². The van der Waals surface area contributed by atoms with Gasteiger partial charge in [0.25, 0.3) is 11.2 Å². The number of non-ortho nitro benzene ring substituents is 1. The maximum Gasteiger partial charge on any atom is 0.271 e. The van der Waals surface area contributed by atoms with Crippen molar-refractivity contribution in [3.05, 3.63) is 74.8 Å². The fourth-order valence-electron chi connectivity index (χ4n) is 2.34. The van der Waals surface area contributed by atoms with Gasteiger partial charge in [-0.2, -0.15) is 0 Å². The van der Waals surface area contributed by atoms with Gasteiger partial charge in [0.1, 0.15) is 5.82 Å². The maximum absolute atomic E-state index is 12.1. The first-order valence-electron chi connectivity index (χ1n) is 7.04. The summed E-state index contributed by atoms with van der Waals surface area (Å²) < 4.78 is 0. The molecule has 0 fully saturated rings. The number of anilines is 1. The van der Waals surface area contributed by atoms with Crippen LogP contribution in [-0.2, 0) is 0 Å². The van der Waals surface area contributed by atoms with Crippen molar-refractivity contribution in [1.29, 1.82) is 0 Å². The van der Waals surface area contributed by atoms with Gasteiger partial charge in [-0.05, 0) is 25.1 Å². The van der Waals surface area contributed by atoms with E-state index in [1.54, 1.807) is 30.3 Å². The molecule has 0 saturated carbocycles. The molecule has 2 aromatic carbocycles. The average Bonchev–Trinajstić information content (AvgIpc) is 2.55. The van der Waals surface area contributed by atoms with Crippen LogP contribution >= 0.6 is 0 Å². The molecular formula is C16H14N4O3. The number of H-pyrrole nitrogens is 1. The molecule has 0 saturated heterocycles. The van der Waals surface area contributed by atoms with Gasteiger partial charge in [-0.15, -0.1) is 0 Å². The van der Waals surface area contributed by atoms with Crippen LogP contribution in [0.15, 0.2) is 53.3 Å². The van der Waals surface area contributed by atoms with Crippen molar-refractivity contribution in [2.45, 2.75) is 13.0 Å². The monoisotopic (exact) mass is 310 g/mol. The lowest BCUT2D eigenvalue weighted by Gasteiger charge is -2.14. The summed E-state index contributed by atoms with van der Waals surface area (Å²) in [5, 5.41) is 14.5. The standard InChI is InChI=1S/C16H14N4O3/c1-10(17-11-5-4-6-12(9-11)20(22)23)15-18-14-8-3-2-7-13(14)16(21)19-15/h2-10,17H,1H3,(H,18,19,21)/t10-/m1/s1. The summed E-state index contributed by atoms with van der Waals surface area (Å²) >= 11 is 0. The highest BCUT2D eigenvalue weighted by atomic mass is 16.6. The normalized spacial score (nSPS) is 12.0. The number of nitro groups is 1. The van der Waals surface area contributed by atoms with Crippen LogP contribution in [-0.4, -0.2) is 14.9 Å². The second-order valence-corrected chi connectivity index (χ2v) is 5.14. The van der Waals surface area contributed by atoms with Gasteiger partial charge in [0.05, 0.1) is 21.9 Å². The molecule has 0 aliphatic heterocycles. The van der Waals surface area contributed by atoms with E-state index in [2.05, 4.69) is 15.3 Å². The van der Waals surface area contributed by atoms with E-state index in [4.69, 9.17) is 0 Å². The zero-order valence-corrected chi connectivity index (χ0v) is 12.3. The first-order chi connectivity index (χ1) is 11.0. The Hall–Kier alpha value is -3.22. The van der Waals surface area contributed by atoms with Crippen LogP contribution < -0.4 is 10.9 Å². The summed E-state index contributed by atoms with van der Waals surface area (Å²) in [6, 6.07) is 13.0. The van der Waals surface area contributed by atoms with Gasteiger partial charge in [-0.25, -0.2) is 4.98 Å². The molecule has 23 heavy (non-hydrogen) atoms. The Bertz CT molecular complexity index is 936. The summed E-state index contributed by atoms with van der Waals surface area (Å²) in [5.74, 6) is 0.472. The van der Waals surface area contributed by atoms with Crippen molar-refractivity contribution in [2.24, 2.45) is 0 Å². The average molecular weight is 310 g/mol. The lowest BCUT2D eigenvalue weighted by molar-refractivity contribution is -0.384. The molecule has 0 aliphatic rings. The Balaban J connectivity index is 1.91. The van der Waals surface area contributed by atoms with Crippen LogP contribution in [0.1, 0.15) is 18.8 Å². The number of fused-ring (bicyclic) bond motifs is 1. The highest BCUT2D eigenvalue weighted by Gasteiger charge is 2.12. The molecule has 1 aromatic heterocycles. The van der Waals surface area contributed by atoms with Crippen LogP contribution in [0.4, 0.5) is 11.4 Å². The lowest BCUT2D eigenvalue weighted by atomic mass is 10.2. The van der Waals surface area contributed by atoms with E-state index in [0.717, 1.165) is 0 Å². The minimum absolute atomic E-state index is 0.00200. The Labute approximate surface area is 131 Å². The molecule has 0 spiro atoms. The lowest BCUT2D eigenvalue weighted by Crippen LogP contribution is -2.17. The Kier molecular flexibility index (Phi) is 3.76. The number of benzene rings is 2. The number of aromatic amines is 1. The van der Waals surface area contributed by atoms with E-state index in [0.29, 0.717) is 22.4 Å². The van der Waals surface area contributed by atoms with Crippen LogP contribution in [0.5, 0.6) is 0 Å². The molecule has 0 bridgehead atoms. The summed E-state index contributed by atoms with van der Waals surface area (Å²) in [7, 11) is 0. The largest absolute Gasteiger partial charge is 0.375 e. The number of nitrogens with zero attached hydrogens (tertiary/aromatic N) is 2. The smallest absolute Gasteiger partial charge is 0.271 e. The molecule has 3 aromatic rings. The fraction of sp³-hybridized carbons (Fsp3) is 0.125. The maximum atomic E-state index is 12.1. The highest BCUT2D eigenvalue weighted by molar-refractivity contribution is 5.77. The molecule has 0 aliphatic carbocycles. The zero-order chi connectivity index (χ0) is 16.4. The van der Waals surface area contributed by atoms with E-state index in [-0.39, 0.29) is 17.3 Å². The quantitative estimate of drug-likeness (QED) is 0.570. The molecule has 3 rings (SSSR count). The van der Waals surface area contributed by atoms with E-state index in [1.807, 2.05) is 13.0 Å². The predicted octanol–water partition coefficient (Wildman–Crippen LogP) is 3.00. The van der Waals surface area contributed by atoms with Crippen molar-refractivity contribution < 1.29 is 4.92 Å². The number of hydrogen-bond donors (Lipinski definition) is 2. The van der Waals surface area contributed by atoms with Crippen LogP contribution in [0, 0.1) is 10.1 Å². The van der Waals surface area contributed by atoms with Gasteiger partial charge < -0.3 is 10.3 Å². The van der Waals surface area contributed by atoms with Crippen molar-refractivity contribution in [2.75, 3.05) is 5.32 Å². The molecule has 0 radical (unpaired) electrons. The van der Waals surface area contributed by atoms with Gasteiger partial charge in [-0.3, -0.25) is 14.9 Å². The fourth-order valence-corrected chi connectivity index (χ4v) is 2.34. The number of rotatable bonds is 4. The third-order valence-electron chi connectivity index (χ3n) is 3.48. The third-order valence-corrected chi connectivity index (χ3v) is 3.48. The number of hydrogen-bond acceptors (Lipinski definition) is 5. The van der Waals surface area contributed by atoms with Crippen LogP contribution in [0.3, 0.4) is 0 Å². The molecule has 7 nitrogen and oxygen atoms in total. The SMILES string of the molecule is C[C@@H](Nc1cccc([N+](=O)[O-])c1)c1nc2ccccc2c(=O)[nH]1. The van der Waals surface area contributed by atoms with Gasteiger partial charge in [0.15, 0.2) is 0 Å². The van der Waals surface area contributed by atoms with E-state index in [9.17, 15) is 14.9 Å². The second-order valence-electron chi connectivity index (χ2n) is 5.14. The zero-order valence-electron chi connectivity index (χ0n) is 12.3. The minimum atomic E-state index is -0.452. The number of aromatic nitrogens is 2. The van der Waals surface area contributed by atoms with Gasteiger partial charge in [0.2, 0.25) is 0 Å². The second kappa shape index (κ2) is 5.88. The first kappa shape index (κ1) is 14.7. The summed E-state index contributed by atoms with van der Waals surface area (Å²) in [6.45, 7) is 1.83. The Morgan fingerprint density at radius 1 is 1.22 bits per heavy atom. The first-order valence-corrected chi connectivity index (χ1v) is 7.04. The molecule has 2 N–H and O–H groups in total. The van der Waals surface area contributed by atoms with E-state index in [1.165, 1.54) is 12.1 Å². The van der Waals surface area contributed by atoms with Crippen molar-refractivity contribution >= 4 is 22.3 Å². The predicted molar refractivity (Wildman–Crippen MR) is 87.5 cm³/mol. The Morgan fingerprint density at radius 3 is 2.78 bits per heavy atom.